The minimum atomic E-state index is -2.88. The molecule has 0 amide bonds. The van der Waals surface area contributed by atoms with Crippen LogP contribution in [0.1, 0.15) is 31.7 Å². The van der Waals surface area contributed by atoms with Crippen LogP contribution < -0.4 is 10.1 Å². The summed E-state index contributed by atoms with van der Waals surface area (Å²) in [6.07, 6.45) is 6.54. The lowest BCUT2D eigenvalue weighted by Crippen LogP contribution is -2.32. The van der Waals surface area contributed by atoms with Crippen molar-refractivity contribution in [2.75, 3.05) is 25.7 Å². The van der Waals surface area contributed by atoms with E-state index in [4.69, 9.17) is 4.74 Å². The van der Waals surface area contributed by atoms with Gasteiger partial charge in [0, 0.05) is 30.3 Å². The predicted octanol–water partition coefficient (Wildman–Crippen LogP) is 1.83. The largest absolute Gasteiger partial charge is 0.481 e. The molecule has 6 heteroatoms. The van der Waals surface area contributed by atoms with Gasteiger partial charge in [0.15, 0.2) is 0 Å². The molecule has 1 unspecified atom stereocenters. The molecule has 1 aromatic heterocycles. The summed E-state index contributed by atoms with van der Waals surface area (Å²) in [5, 5.41) is 3.48. The standard InChI is InChI=1S/C15H26N2O3S/c1-4-9-16-14(6-5-10-21(3,18)19)11-13-7-8-15(20-2)17-12-13/h7-8,12,14,16H,4-6,9-11H2,1-3H3. The van der Waals surface area contributed by atoms with Crippen molar-refractivity contribution in [2.24, 2.45) is 0 Å². The topological polar surface area (TPSA) is 68.3 Å². The van der Waals surface area contributed by atoms with Crippen LogP contribution in [0.4, 0.5) is 0 Å². The fraction of sp³-hybridized carbons (Fsp3) is 0.667. The zero-order valence-corrected chi connectivity index (χ0v) is 13.9. The molecule has 1 aromatic rings. The Labute approximate surface area is 128 Å². The Balaban J connectivity index is 2.55. The van der Waals surface area contributed by atoms with Gasteiger partial charge in [0.05, 0.1) is 7.11 Å². The van der Waals surface area contributed by atoms with Gasteiger partial charge in [0.1, 0.15) is 9.84 Å². The van der Waals surface area contributed by atoms with E-state index in [0.29, 0.717) is 12.3 Å². The Morgan fingerprint density at radius 1 is 1.38 bits per heavy atom. The summed E-state index contributed by atoms with van der Waals surface area (Å²) in [5.41, 5.74) is 1.13. The third-order valence-electron chi connectivity index (χ3n) is 3.24. The molecule has 120 valence electrons. The number of pyridine rings is 1. The number of hydrogen-bond donors (Lipinski definition) is 1. The number of hydrogen-bond acceptors (Lipinski definition) is 5. The molecule has 1 atom stereocenters. The van der Waals surface area contributed by atoms with Gasteiger partial charge in [-0.15, -0.1) is 0 Å². The van der Waals surface area contributed by atoms with E-state index in [2.05, 4.69) is 17.2 Å². The Hall–Kier alpha value is -1.14. The van der Waals surface area contributed by atoms with Crippen molar-refractivity contribution in [2.45, 2.75) is 38.6 Å². The van der Waals surface area contributed by atoms with E-state index < -0.39 is 9.84 Å². The average molecular weight is 314 g/mol. The molecule has 21 heavy (non-hydrogen) atoms. The second kappa shape index (κ2) is 9.00. The van der Waals surface area contributed by atoms with Gasteiger partial charge in [-0.1, -0.05) is 13.0 Å². The second-order valence-corrected chi connectivity index (χ2v) is 7.60. The fourth-order valence-electron chi connectivity index (χ4n) is 2.15. The summed E-state index contributed by atoms with van der Waals surface area (Å²) in [5.74, 6) is 0.854. The van der Waals surface area contributed by atoms with Crippen molar-refractivity contribution in [3.05, 3.63) is 23.9 Å². The highest BCUT2D eigenvalue weighted by Gasteiger charge is 2.11. The minimum Gasteiger partial charge on any atom is -0.481 e. The Morgan fingerprint density at radius 3 is 2.67 bits per heavy atom. The van der Waals surface area contributed by atoms with Gasteiger partial charge < -0.3 is 10.1 Å². The van der Waals surface area contributed by atoms with E-state index in [9.17, 15) is 8.42 Å². The highest BCUT2D eigenvalue weighted by atomic mass is 32.2. The fourth-order valence-corrected chi connectivity index (χ4v) is 2.84. The minimum absolute atomic E-state index is 0.248. The number of sulfone groups is 1. The molecule has 0 fully saturated rings. The van der Waals surface area contributed by atoms with Crippen LogP contribution in [0.5, 0.6) is 5.88 Å². The van der Waals surface area contributed by atoms with Gasteiger partial charge >= 0.3 is 0 Å². The first-order chi connectivity index (χ1) is 9.94. The molecule has 5 nitrogen and oxygen atoms in total. The molecule has 1 N–H and O–H groups in total. The van der Waals surface area contributed by atoms with Crippen molar-refractivity contribution in [3.63, 3.8) is 0 Å². The Bertz CT molecular complexity index is 500. The number of aromatic nitrogens is 1. The van der Waals surface area contributed by atoms with E-state index in [1.165, 1.54) is 6.26 Å². The van der Waals surface area contributed by atoms with E-state index in [0.717, 1.165) is 31.4 Å². The van der Waals surface area contributed by atoms with E-state index in [-0.39, 0.29) is 11.8 Å². The normalized spacial score (nSPS) is 13.1. The molecule has 0 aliphatic heterocycles. The van der Waals surface area contributed by atoms with Crippen LogP contribution in [0.3, 0.4) is 0 Å². The number of ether oxygens (including phenoxy) is 1. The van der Waals surface area contributed by atoms with Crippen molar-refractivity contribution in [3.8, 4) is 5.88 Å². The van der Waals surface area contributed by atoms with Gasteiger partial charge in [-0.3, -0.25) is 0 Å². The first kappa shape index (κ1) is 17.9. The van der Waals surface area contributed by atoms with Crippen molar-refractivity contribution in [1.82, 2.24) is 10.3 Å². The second-order valence-electron chi connectivity index (χ2n) is 5.34. The van der Waals surface area contributed by atoms with Crippen LogP contribution in [-0.4, -0.2) is 45.1 Å². The maximum absolute atomic E-state index is 11.2. The van der Waals surface area contributed by atoms with Crippen molar-refractivity contribution in [1.29, 1.82) is 0 Å². The monoisotopic (exact) mass is 314 g/mol. The molecule has 0 aromatic carbocycles. The van der Waals surface area contributed by atoms with E-state index in [1.807, 2.05) is 18.3 Å². The van der Waals surface area contributed by atoms with Crippen LogP contribution in [-0.2, 0) is 16.3 Å². The molecule has 0 radical (unpaired) electrons. The van der Waals surface area contributed by atoms with Crippen LogP contribution in [0, 0.1) is 0 Å². The predicted molar refractivity (Wildman–Crippen MR) is 85.5 cm³/mol. The number of rotatable bonds is 10. The third-order valence-corrected chi connectivity index (χ3v) is 4.27. The molecule has 0 saturated heterocycles. The quantitative estimate of drug-likeness (QED) is 0.713. The summed E-state index contributed by atoms with van der Waals surface area (Å²) in [6.45, 7) is 3.06. The van der Waals surface area contributed by atoms with Crippen LogP contribution in [0.15, 0.2) is 18.3 Å². The maximum Gasteiger partial charge on any atom is 0.212 e. The molecule has 0 aliphatic carbocycles. The van der Waals surface area contributed by atoms with E-state index >= 15 is 0 Å². The van der Waals surface area contributed by atoms with Crippen molar-refractivity contribution < 1.29 is 13.2 Å². The molecule has 0 bridgehead atoms. The molecular weight excluding hydrogens is 288 g/mol. The molecule has 1 heterocycles. The van der Waals surface area contributed by atoms with Crippen molar-refractivity contribution >= 4 is 9.84 Å². The lowest BCUT2D eigenvalue weighted by molar-refractivity contribution is 0.397. The SMILES string of the molecule is CCCNC(CCCS(C)(=O)=O)Cc1ccc(OC)nc1. The lowest BCUT2D eigenvalue weighted by Gasteiger charge is -2.18. The summed E-state index contributed by atoms with van der Waals surface area (Å²) >= 11 is 0. The summed E-state index contributed by atoms with van der Waals surface area (Å²) in [6, 6.07) is 4.13. The van der Waals surface area contributed by atoms with Crippen LogP contribution in [0.25, 0.3) is 0 Å². The molecule has 0 aliphatic rings. The molecule has 0 spiro atoms. The average Bonchev–Trinajstić information content (AvgIpc) is 2.44. The maximum atomic E-state index is 11.2. The van der Waals surface area contributed by atoms with Gasteiger partial charge in [-0.25, -0.2) is 13.4 Å². The van der Waals surface area contributed by atoms with Gasteiger partial charge in [0.25, 0.3) is 0 Å². The number of nitrogens with one attached hydrogen (secondary N) is 1. The van der Waals surface area contributed by atoms with Crippen LogP contribution in [0.2, 0.25) is 0 Å². The van der Waals surface area contributed by atoms with E-state index in [1.54, 1.807) is 7.11 Å². The first-order valence-corrected chi connectivity index (χ1v) is 9.40. The smallest absolute Gasteiger partial charge is 0.212 e. The molecular formula is C15H26N2O3S. The summed E-state index contributed by atoms with van der Waals surface area (Å²) in [4.78, 5) is 4.20. The summed E-state index contributed by atoms with van der Waals surface area (Å²) in [7, 11) is -1.28. The molecule has 1 rings (SSSR count). The first-order valence-electron chi connectivity index (χ1n) is 7.34. The Kier molecular flexibility index (Phi) is 7.67. The van der Waals surface area contributed by atoms with Gasteiger partial charge in [-0.05, 0) is 37.8 Å². The van der Waals surface area contributed by atoms with Gasteiger partial charge in [0.2, 0.25) is 5.88 Å². The summed E-state index contributed by atoms with van der Waals surface area (Å²) < 4.78 is 27.5. The zero-order valence-electron chi connectivity index (χ0n) is 13.1. The van der Waals surface area contributed by atoms with Gasteiger partial charge in [-0.2, -0.15) is 0 Å². The Morgan fingerprint density at radius 2 is 2.14 bits per heavy atom. The highest BCUT2D eigenvalue weighted by Crippen LogP contribution is 2.11. The number of methoxy groups -OCH3 is 1. The molecule has 0 saturated carbocycles. The zero-order chi connectivity index (χ0) is 15.7. The number of nitrogens with zero attached hydrogens (tertiary/aromatic N) is 1. The third kappa shape index (κ3) is 8.02. The van der Waals surface area contributed by atoms with Crippen LogP contribution >= 0.6 is 0 Å². The highest BCUT2D eigenvalue weighted by molar-refractivity contribution is 7.90. The lowest BCUT2D eigenvalue weighted by atomic mass is 10.0.